The number of amides is 1. The SMILES string of the molecule is CC.COc1cncc(C2=CCC3C4CC=C5N(C)C(=O)CC5(C)C4CCC23C)c1. The lowest BCUT2D eigenvalue weighted by Crippen LogP contribution is -2.47. The Morgan fingerprint density at radius 2 is 1.87 bits per heavy atom. The molecule has 4 aliphatic rings. The number of ether oxygens (including phenoxy) is 1. The Balaban J connectivity index is 0.00000106. The van der Waals surface area contributed by atoms with Crippen LogP contribution in [0.2, 0.25) is 0 Å². The number of aromatic nitrogens is 1. The van der Waals surface area contributed by atoms with Gasteiger partial charge in [-0.1, -0.05) is 39.8 Å². The molecule has 5 rings (SSSR count). The van der Waals surface area contributed by atoms with Crippen molar-refractivity contribution in [3.05, 3.63) is 41.9 Å². The smallest absolute Gasteiger partial charge is 0.227 e. The molecule has 2 fully saturated rings. The molecule has 4 heteroatoms. The highest BCUT2D eigenvalue weighted by Crippen LogP contribution is 2.66. The van der Waals surface area contributed by atoms with E-state index in [4.69, 9.17) is 4.74 Å². The van der Waals surface area contributed by atoms with Crippen molar-refractivity contribution in [2.75, 3.05) is 14.2 Å². The maximum atomic E-state index is 12.5. The Labute approximate surface area is 181 Å². The molecule has 0 aromatic carbocycles. The monoisotopic (exact) mass is 408 g/mol. The number of allylic oxidation sites excluding steroid dienone is 4. The number of likely N-dealkylation sites (tertiary alicyclic amines) is 1. The summed E-state index contributed by atoms with van der Waals surface area (Å²) >= 11 is 0. The molecule has 1 aromatic rings. The van der Waals surface area contributed by atoms with Crippen molar-refractivity contribution in [1.82, 2.24) is 9.88 Å². The van der Waals surface area contributed by atoms with E-state index in [2.05, 4.69) is 37.0 Å². The van der Waals surface area contributed by atoms with Crippen LogP contribution in [0.15, 0.2) is 36.3 Å². The van der Waals surface area contributed by atoms with Gasteiger partial charge in [0.25, 0.3) is 0 Å². The van der Waals surface area contributed by atoms with E-state index in [-0.39, 0.29) is 16.7 Å². The van der Waals surface area contributed by atoms with Gasteiger partial charge in [0.1, 0.15) is 5.75 Å². The summed E-state index contributed by atoms with van der Waals surface area (Å²) in [4.78, 5) is 18.8. The number of carbonyl (C=O) groups is 1. The Morgan fingerprint density at radius 1 is 1.10 bits per heavy atom. The molecule has 162 valence electrons. The summed E-state index contributed by atoms with van der Waals surface area (Å²) in [5.41, 5.74) is 4.14. The lowest BCUT2D eigenvalue weighted by molar-refractivity contribution is -0.126. The Bertz CT molecular complexity index is 904. The van der Waals surface area contributed by atoms with Crippen LogP contribution in [-0.4, -0.2) is 29.9 Å². The molecule has 1 saturated carbocycles. The van der Waals surface area contributed by atoms with Gasteiger partial charge in [0, 0.05) is 30.8 Å². The molecule has 2 heterocycles. The van der Waals surface area contributed by atoms with Crippen molar-refractivity contribution in [3.8, 4) is 5.75 Å². The Kier molecular flexibility index (Phi) is 5.32. The topological polar surface area (TPSA) is 42.4 Å². The van der Waals surface area contributed by atoms with E-state index in [0.717, 1.165) is 18.6 Å². The van der Waals surface area contributed by atoms with E-state index in [0.29, 0.717) is 24.2 Å². The lowest BCUT2D eigenvalue weighted by atomic mass is 9.50. The van der Waals surface area contributed by atoms with Crippen LogP contribution in [-0.2, 0) is 4.79 Å². The highest BCUT2D eigenvalue weighted by molar-refractivity contribution is 5.83. The number of fused-ring (bicyclic) bond motifs is 5. The first-order valence-corrected chi connectivity index (χ1v) is 11.6. The maximum Gasteiger partial charge on any atom is 0.227 e. The van der Waals surface area contributed by atoms with Crippen LogP contribution >= 0.6 is 0 Å². The van der Waals surface area contributed by atoms with Crippen LogP contribution in [0.1, 0.15) is 65.4 Å². The Hall–Kier alpha value is -2.10. The molecule has 0 N–H and O–H groups in total. The second-order valence-corrected chi connectivity index (χ2v) is 9.67. The fourth-order valence-electron chi connectivity index (χ4n) is 7.08. The molecule has 30 heavy (non-hydrogen) atoms. The number of nitrogens with zero attached hydrogens (tertiary/aromatic N) is 2. The quantitative estimate of drug-likeness (QED) is 0.629. The van der Waals surface area contributed by atoms with E-state index in [1.165, 1.54) is 29.7 Å². The van der Waals surface area contributed by atoms with Gasteiger partial charge >= 0.3 is 0 Å². The summed E-state index contributed by atoms with van der Waals surface area (Å²) in [6.45, 7) is 8.80. The summed E-state index contributed by atoms with van der Waals surface area (Å²) in [6, 6.07) is 2.13. The largest absolute Gasteiger partial charge is 0.495 e. The lowest BCUT2D eigenvalue weighted by Gasteiger charge is -2.54. The molecule has 5 atom stereocenters. The fraction of sp³-hybridized carbons (Fsp3) is 0.615. The third-order valence-electron chi connectivity index (χ3n) is 8.52. The number of carbonyl (C=O) groups excluding carboxylic acids is 1. The van der Waals surface area contributed by atoms with Gasteiger partial charge in [0.15, 0.2) is 0 Å². The van der Waals surface area contributed by atoms with Gasteiger partial charge in [-0.2, -0.15) is 0 Å². The van der Waals surface area contributed by atoms with E-state index < -0.39 is 0 Å². The minimum Gasteiger partial charge on any atom is -0.495 e. The molecule has 0 bridgehead atoms. The average Bonchev–Trinajstić information content (AvgIpc) is 3.23. The molecule has 1 aliphatic heterocycles. The highest BCUT2D eigenvalue weighted by atomic mass is 16.5. The van der Waals surface area contributed by atoms with Crippen LogP contribution in [0, 0.1) is 28.6 Å². The van der Waals surface area contributed by atoms with Crippen LogP contribution in [0.3, 0.4) is 0 Å². The predicted molar refractivity (Wildman–Crippen MR) is 121 cm³/mol. The molecular formula is C26H36N2O2. The Morgan fingerprint density at radius 3 is 2.60 bits per heavy atom. The first-order valence-electron chi connectivity index (χ1n) is 11.6. The van der Waals surface area contributed by atoms with E-state index in [1.807, 2.05) is 32.0 Å². The average molecular weight is 409 g/mol. The molecule has 1 saturated heterocycles. The van der Waals surface area contributed by atoms with Gasteiger partial charge in [0.05, 0.1) is 13.3 Å². The van der Waals surface area contributed by atoms with Gasteiger partial charge < -0.3 is 9.64 Å². The van der Waals surface area contributed by atoms with Gasteiger partial charge in [-0.3, -0.25) is 9.78 Å². The maximum absolute atomic E-state index is 12.5. The van der Waals surface area contributed by atoms with Crippen molar-refractivity contribution in [2.45, 2.75) is 59.8 Å². The number of hydrogen-bond acceptors (Lipinski definition) is 3. The van der Waals surface area contributed by atoms with Gasteiger partial charge in [-0.25, -0.2) is 0 Å². The minimum absolute atomic E-state index is 0.0242. The third kappa shape index (κ3) is 2.86. The fourth-order valence-corrected chi connectivity index (χ4v) is 7.08. The molecule has 0 radical (unpaired) electrons. The number of rotatable bonds is 2. The van der Waals surface area contributed by atoms with Gasteiger partial charge in [-0.15, -0.1) is 0 Å². The van der Waals surface area contributed by atoms with Crippen LogP contribution in [0.5, 0.6) is 5.75 Å². The number of hydrogen-bond donors (Lipinski definition) is 0. The molecule has 0 spiro atoms. The highest BCUT2D eigenvalue weighted by Gasteiger charge is 2.59. The second-order valence-electron chi connectivity index (χ2n) is 9.67. The van der Waals surface area contributed by atoms with E-state index in [9.17, 15) is 4.79 Å². The zero-order valence-corrected chi connectivity index (χ0v) is 19.4. The summed E-state index contributed by atoms with van der Waals surface area (Å²) < 4.78 is 5.42. The number of pyridine rings is 1. The van der Waals surface area contributed by atoms with Crippen LogP contribution < -0.4 is 4.74 Å². The first kappa shape index (κ1) is 21.1. The van der Waals surface area contributed by atoms with Crippen molar-refractivity contribution in [1.29, 1.82) is 0 Å². The van der Waals surface area contributed by atoms with Crippen molar-refractivity contribution in [2.24, 2.45) is 28.6 Å². The van der Waals surface area contributed by atoms with Gasteiger partial charge in [-0.05, 0) is 66.1 Å². The normalized spacial score (nSPS) is 36.7. The third-order valence-corrected chi connectivity index (χ3v) is 8.52. The standard InChI is InChI=1S/C24H30N2O2.C2H6/c1-23-10-9-20-17(5-8-21-24(20,2)12-22(27)26(21)3)19(23)7-6-18(23)15-11-16(28-4)14-25-13-15;1-2/h6,8,11,13-14,17,19-20H,5,7,9-10,12H2,1-4H3;1-2H3. The molecule has 3 aliphatic carbocycles. The molecule has 1 aromatic heterocycles. The molecular weight excluding hydrogens is 372 g/mol. The van der Waals surface area contributed by atoms with E-state index in [1.54, 1.807) is 13.3 Å². The number of methoxy groups -OCH3 is 1. The summed E-state index contributed by atoms with van der Waals surface area (Å²) in [5, 5.41) is 0. The van der Waals surface area contributed by atoms with Crippen molar-refractivity contribution < 1.29 is 9.53 Å². The molecule has 4 nitrogen and oxygen atoms in total. The summed E-state index contributed by atoms with van der Waals surface area (Å²) in [5.74, 6) is 3.01. The summed E-state index contributed by atoms with van der Waals surface area (Å²) in [7, 11) is 3.66. The first-order chi connectivity index (χ1) is 14.4. The van der Waals surface area contributed by atoms with Gasteiger partial charge in [0.2, 0.25) is 5.91 Å². The summed E-state index contributed by atoms with van der Waals surface area (Å²) in [6.07, 6.45) is 13.9. The molecule has 5 unspecified atom stereocenters. The van der Waals surface area contributed by atoms with Crippen LogP contribution in [0.4, 0.5) is 0 Å². The van der Waals surface area contributed by atoms with Crippen molar-refractivity contribution in [3.63, 3.8) is 0 Å². The molecule has 1 amide bonds. The second kappa shape index (κ2) is 7.55. The predicted octanol–water partition coefficient (Wildman–Crippen LogP) is 5.71. The zero-order valence-electron chi connectivity index (χ0n) is 19.4. The zero-order chi connectivity index (χ0) is 21.7. The van der Waals surface area contributed by atoms with E-state index >= 15 is 0 Å². The van der Waals surface area contributed by atoms with Crippen molar-refractivity contribution >= 4 is 11.5 Å². The van der Waals surface area contributed by atoms with Crippen LogP contribution in [0.25, 0.3) is 5.57 Å². The minimum atomic E-state index is 0.0242.